The molecule has 4 aromatic rings. The zero-order chi connectivity index (χ0) is 21.9. The minimum atomic E-state index is -2.39. The van der Waals surface area contributed by atoms with Gasteiger partial charge in [0.05, 0.1) is 0 Å². The van der Waals surface area contributed by atoms with E-state index in [0.29, 0.717) is 0 Å². The van der Waals surface area contributed by atoms with E-state index in [1.165, 1.54) is 21.2 Å². The van der Waals surface area contributed by atoms with Crippen molar-refractivity contribution in [2.45, 2.75) is 6.92 Å². The van der Waals surface area contributed by atoms with Crippen molar-refractivity contribution in [2.75, 3.05) is 6.16 Å². The average Bonchev–Trinajstić information content (AvgIpc) is 2.90. The molecule has 1 heterocycles. The van der Waals surface area contributed by atoms with E-state index in [9.17, 15) is 0 Å². The standard InChI is InChI=1S/C26H25N3P3/c1-2-30-27-31(23-15-7-3-8-16-23,24-17-9-4-10-18-24)29-32(28-30,25-19-11-5-12-20-25)26-21-13-6-14-22-26/h3-22H,2H2,1H3/q+1. The Morgan fingerprint density at radius 2 is 0.875 bits per heavy atom. The molecular formula is C26H25N3P3+. The Hall–Kier alpha value is -2.56. The molecule has 0 saturated heterocycles. The zero-order valence-electron chi connectivity index (χ0n) is 17.9. The van der Waals surface area contributed by atoms with Gasteiger partial charge in [-0.15, -0.1) is 0 Å². The van der Waals surface area contributed by atoms with Gasteiger partial charge >= 0.3 is 7.86 Å². The predicted octanol–water partition coefficient (Wildman–Crippen LogP) is 7.13. The lowest BCUT2D eigenvalue weighted by Gasteiger charge is -2.27. The van der Waals surface area contributed by atoms with Crippen LogP contribution >= 0.6 is 22.3 Å². The molecule has 6 heteroatoms. The van der Waals surface area contributed by atoms with Gasteiger partial charge in [-0.05, 0) is 16.0 Å². The summed E-state index contributed by atoms with van der Waals surface area (Å²) in [6.45, 7) is 2.21. The van der Waals surface area contributed by atoms with Gasteiger partial charge in [-0.2, -0.15) is 0 Å². The lowest BCUT2D eigenvalue weighted by molar-refractivity contribution is 1.48. The summed E-state index contributed by atoms with van der Waals surface area (Å²) in [5.41, 5.74) is 0. The molecule has 0 radical (unpaired) electrons. The fraction of sp³-hybridized carbons (Fsp3) is 0.0769. The second-order valence-corrected chi connectivity index (χ2v) is 15.5. The van der Waals surface area contributed by atoms with Crippen molar-refractivity contribution < 1.29 is 0 Å². The largest absolute Gasteiger partial charge is 0.352 e. The molecule has 0 saturated carbocycles. The monoisotopic (exact) mass is 472 g/mol. The van der Waals surface area contributed by atoms with Gasteiger partial charge in [-0.25, -0.2) is 4.52 Å². The molecule has 32 heavy (non-hydrogen) atoms. The number of benzene rings is 4. The number of rotatable bonds is 5. The predicted molar refractivity (Wildman–Crippen MR) is 143 cm³/mol. The minimum Gasteiger partial charge on any atom is -0.215 e. The third kappa shape index (κ3) is 3.76. The highest BCUT2D eigenvalue weighted by atomic mass is 31.2. The summed E-state index contributed by atoms with van der Waals surface area (Å²) in [4.78, 5) is 0. The van der Waals surface area contributed by atoms with Gasteiger partial charge in [-0.3, -0.25) is 0 Å². The van der Waals surface area contributed by atoms with E-state index >= 15 is 0 Å². The lowest BCUT2D eigenvalue weighted by Crippen LogP contribution is -2.20. The first-order valence-electron chi connectivity index (χ1n) is 10.8. The van der Waals surface area contributed by atoms with Crippen molar-refractivity contribution in [3.8, 4) is 0 Å². The van der Waals surface area contributed by atoms with Crippen LogP contribution in [0.2, 0.25) is 0 Å². The Kier molecular flexibility index (Phi) is 6.07. The van der Waals surface area contributed by atoms with Gasteiger partial charge < -0.3 is 0 Å². The van der Waals surface area contributed by atoms with Crippen LogP contribution in [0.15, 0.2) is 135 Å². The summed E-state index contributed by atoms with van der Waals surface area (Å²) in [7, 11) is -5.66. The molecule has 158 valence electrons. The molecule has 5 rings (SSSR count). The van der Waals surface area contributed by atoms with Gasteiger partial charge in [0.15, 0.2) is 20.6 Å². The van der Waals surface area contributed by atoms with Crippen LogP contribution in [-0.4, -0.2) is 6.16 Å². The normalized spacial score (nSPS) is 17.5. The van der Waals surface area contributed by atoms with Crippen molar-refractivity contribution in [3.05, 3.63) is 121 Å². The molecule has 0 fully saturated rings. The second kappa shape index (κ2) is 9.13. The summed E-state index contributed by atoms with van der Waals surface area (Å²) in [6, 6.07) is 42.7. The Balaban J connectivity index is 1.97. The van der Waals surface area contributed by atoms with Gasteiger partial charge in [-0.1, -0.05) is 121 Å². The van der Waals surface area contributed by atoms with E-state index in [-0.39, 0.29) is 0 Å². The van der Waals surface area contributed by atoms with Gasteiger partial charge in [0, 0.05) is 21.2 Å². The van der Waals surface area contributed by atoms with Crippen LogP contribution in [-0.2, 0) is 0 Å². The van der Waals surface area contributed by atoms with Crippen LogP contribution in [0.3, 0.4) is 0 Å². The topological polar surface area (TPSA) is 37.1 Å². The highest BCUT2D eigenvalue weighted by Crippen LogP contribution is 2.70. The molecule has 1 aliphatic heterocycles. The first-order valence-corrected chi connectivity index (χ1v) is 15.6. The molecule has 0 aromatic heterocycles. The van der Waals surface area contributed by atoms with E-state index in [4.69, 9.17) is 13.5 Å². The lowest BCUT2D eigenvalue weighted by atomic mass is 10.4. The molecule has 4 aromatic carbocycles. The highest BCUT2D eigenvalue weighted by Gasteiger charge is 2.41. The molecule has 0 N–H and O–H groups in total. The molecule has 0 aliphatic carbocycles. The van der Waals surface area contributed by atoms with E-state index in [1.807, 2.05) is 0 Å². The summed E-state index contributed by atoms with van der Waals surface area (Å²) in [5, 5.41) is 4.83. The molecule has 1 unspecified atom stereocenters. The zero-order valence-corrected chi connectivity index (χ0v) is 20.6. The third-order valence-electron chi connectivity index (χ3n) is 5.47. The maximum Gasteiger partial charge on any atom is 0.352 e. The molecule has 0 spiro atoms. The van der Waals surface area contributed by atoms with Crippen LogP contribution in [0.4, 0.5) is 0 Å². The van der Waals surface area contributed by atoms with Crippen molar-refractivity contribution in [1.29, 1.82) is 0 Å². The van der Waals surface area contributed by atoms with Crippen LogP contribution in [0.5, 0.6) is 0 Å². The quantitative estimate of drug-likeness (QED) is 0.277. The molecular weight excluding hydrogens is 447 g/mol. The fourth-order valence-corrected chi connectivity index (χ4v) is 16.5. The maximum atomic E-state index is 5.83. The van der Waals surface area contributed by atoms with E-state index in [0.717, 1.165) is 6.16 Å². The van der Waals surface area contributed by atoms with Crippen LogP contribution in [0, 0.1) is 0 Å². The smallest absolute Gasteiger partial charge is 0.215 e. The summed E-state index contributed by atoms with van der Waals surface area (Å²) in [5.74, 6) is 0. The van der Waals surface area contributed by atoms with Gasteiger partial charge in [0.25, 0.3) is 0 Å². The Bertz CT molecular complexity index is 1180. The average molecular weight is 472 g/mol. The molecule has 3 nitrogen and oxygen atoms in total. The van der Waals surface area contributed by atoms with E-state index < -0.39 is 22.3 Å². The van der Waals surface area contributed by atoms with Gasteiger partial charge in [0.2, 0.25) is 0 Å². The summed E-state index contributed by atoms with van der Waals surface area (Å²) < 4.78 is 16.8. The minimum absolute atomic E-state index is 0.885. The Labute approximate surface area is 191 Å². The summed E-state index contributed by atoms with van der Waals surface area (Å²) in [6.07, 6.45) is 0.924. The number of hydrogen-bond acceptors (Lipinski definition) is 3. The fourth-order valence-electron chi connectivity index (χ4n) is 3.92. The van der Waals surface area contributed by atoms with Crippen molar-refractivity contribution in [2.24, 2.45) is 13.5 Å². The van der Waals surface area contributed by atoms with Crippen molar-refractivity contribution in [3.63, 3.8) is 0 Å². The van der Waals surface area contributed by atoms with Crippen LogP contribution < -0.4 is 21.2 Å². The first kappa shape index (κ1) is 21.3. The van der Waals surface area contributed by atoms with Gasteiger partial charge in [0.1, 0.15) is 0 Å². The van der Waals surface area contributed by atoms with E-state index in [2.05, 4.69) is 128 Å². The van der Waals surface area contributed by atoms with Crippen molar-refractivity contribution >= 4 is 43.5 Å². The maximum absolute atomic E-state index is 5.83. The second-order valence-electron chi connectivity index (χ2n) is 7.50. The van der Waals surface area contributed by atoms with Crippen LogP contribution in [0.25, 0.3) is 0 Å². The molecule has 1 aliphatic rings. The number of nitrogens with zero attached hydrogens (tertiary/aromatic N) is 3. The Morgan fingerprint density at radius 3 is 1.22 bits per heavy atom. The summed E-state index contributed by atoms with van der Waals surface area (Å²) >= 11 is 0. The van der Waals surface area contributed by atoms with Crippen molar-refractivity contribution in [1.82, 2.24) is 0 Å². The van der Waals surface area contributed by atoms with E-state index in [1.54, 1.807) is 0 Å². The highest BCUT2D eigenvalue weighted by molar-refractivity contribution is 7.94. The third-order valence-corrected chi connectivity index (χ3v) is 15.9. The SMILES string of the molecule is CC[P+]1=NP(c2ccccc2)(c2ccccc2)=NP(c2ccccc2)(c2ccccc2)=N1. The molecule has 1 atom stereocenters. The first-order chi connectivity index (χ1) is 15.8. The Morgan fingerprint density at radius 1 is 0.531 bits per heavy atom. The number of hydrogen-bond donors (Lipinski definition) is 0. The van der Waals surface area contributed by atoms with Crippen LogP contribution in [0.1, 0.15) is 6.92 Å². The molecule has 0 amide bonds. The molecule has 0 bridgehead atoms.